The van der Waals surface area contributed by atoms with Crippen molar-refractivity contribution in [3.05, 3.63) is 84.3 Å². The highest BCUT2D eigenvalue weighted by atomic mass is 32.2. The van der Waals surface area contributed by atoms with E-state index < -0.39 is 22.5 Å². The molecule has 1 amide bonds. The van der Waals surface area contributed by atoms with Gasteiger partial charge in [0.15, 0.2) is 0 Å². The second-order valence-corrected chi connectivity index (χ2v) is 8.18. The van der Waals surface area contributed by atoms with E-state index in [2.05, 4.69) is 10.5 Å². The molecule has 156 valence electrons. The number of sulfonamides is 1. The smallest absolute Gasteiger partial charge is 0.255 e. The van der Waals surface area contributed by atoms with Gasteiger partial charge in [-0.25, -0.2) is 13.8 Å². The van der Waals surface area contributed by atoms with E-state index in [0.29, 0.717) is 11.5 Å². The topological polar surface area (TPSA) is 101 Å². The standard InChI is InChI=1S/C21H21N3O5S/c1-28-18-9-11-20(12-10-18)30(26,27)24(15-17-6-3-2-4-7-17)16-21(25)23-22-14-19-8-5-13-29-19/h2-14H,15-16H2,1H3,(H,23,25)/b22-14-. The van der Waals surface area contributed by atoms with Crippen molar-refractivity contribution in [3.63, 3.8) is 0 Å². The van der Waals surface area contributed by atoms with E-state index in [1.54, 1.807) is 48.5 Å². The van der Waals surface area contributed by atoms with Gasteiger partial charge in [-0.1, -0.05) is 30.3 Å². The van der Waals surface area contributed by atoms with Crippen LogP contribution < -0.4 is 10.2 Å². The first kappa shape index (κ1) is 21.3. The van der Waals surface area contributed by atoms with Gasteiger partial charge < -0.3 is 9.15 Å². The molecule has 1 heterocycles. The van der Waals surface area contributed by atoms with E-state index in [0.717, 1.165) is 9.87 Å². The summed E-state index contributed by atoms with van der Waals surface area (Å²) < 4.78 is 37.6. The number of nitrogens with zero attached hydrogens (tertiary/aromatic N) is 2. The number of nitrogens with one attached hydrogen (secondary N) is 1. The molecule has 9 heteroatoms. The minimum Gasteiger partial charge on any atom is -0.497 e. The van der Waals surface area contributed by atoms with E-state index in [1.807, 2.05) is 6.07 Å². The molecule has 8 nitrogen and oxygen atoms in total. The number of ether oxygens (including phenoxy) is 1. The van der Waals surface area contributed by atoms with Crippen LogP contribution in [0.25, 0.3) is 0 Å². The lowest BCUT2D eigenvalue weighted by Gasteiger charge is -2.21. The molecule has 2 aromatic carbocycles. The molecule has 0 fully saturated rings. The Labute approximate surface area is 174 Å². The molecule has 3 rings (SSSR count). The Morgan fingerprint density at radius 3 is 2.47 bits per heavy atom. The van der Waals surface area contributed by atoms with E-state index in [1.165, 1.54) is 31.7 Å². The summed E-state index contributed by atoms with van der Waals surface area (Å²) in [5.74, 6) is 0.418. The first-order valence-electron chi connectivity index (χ1n) is 9.02. The zero-order chi connectivity index (χ0) is 21.4. The molecule has 0 unspecified atom stereocenters. The van der Waals surface area contributed by atoms with Crippen molar-refractivity contribution in [2.45, 2.75) is 11.4 Å². The van der Waals surface area contributed by atoms with Crippen molar-refractivity contribution in [2.75, 3.05) is 13.7 Å². The lowest BCUT2D eigenvalue weighted by Crippen LogP contribution is -2.39. The number of rotatable bonds is 9. The van der Waals surface area contributed by atoms with Gasteiger partial charge in [-0.05, 0) is 42.0 Å². The molecule has 0 aliphatic carbocycles. The Balaban J connectivity index is 1.79. The third-order valence-electron chi connectivity index (χ3n) is 4.14. The largest absolute Gasteiger partial charge is 0.497 e. The summed E-state index contributed by atoms with van der Waals surface area (Å²) in [6.07, 6.45) is 2.81. The first-order chi connectivity index (χ1) is 14.5. The Morgan fingerprint density at radius 1 is 1.10 bits per heavy atom. The number of hydrazone groups is 1. The van der Waals surface area contributed by atoms with Crippen molar-refractivity contribution in [1.82, 2.24) is 9.73 Å². The lowest BCUT2D eigenvalue weighted by molar-refractivity contribution is -0.121. The van der Waals surface area contributed by atoms with Crippen LogP contribution >= 0.6 is 0 Å². The van der Waals surface area contributed by atoms with E-state index in [4.69, 9.17) is 9.15 Å². The van der Waals surface area contributed by atoms with E-state index in [9.17, 15) is 13.2 Å². The van der Waals surface area contributed by atoms with Gasteiger partial charge in [0.2, 0.25) is 10.0 Å². The summed E-state index contributed by atoms with van der Waals surface area (Å²) in [5, 5.41) is 3.80. The van der Waals surface area contributed by atoms with Crippen LogP contribution in [0.4, 0.5) is 0 Å². The minimum absolute atomic E-state index is 0.0323. The second-order valence-electron chi connectivity index (χ2n) is 6.24. The molecule has 0 aliphatic heterocycles. The second kappa shape index (κ2) is 9.86. The summed E-state index contributed by atoms with van der Waals surface area (Å²) in [6, 6.07) is 18.4. The highest BCUT2D eigenvalue weighted by Crippen LogP contribution is 2.21. The monoisotopic (exact) mass is 427 g/mol. The molecular formula is C21H21N3O5S. The van der Waals surface area contributed by atoms with Crippen molar-refractivity contribution >= 4 is 22.1 Å². The van der Waals surface area contributed by atoms with Gasteiger partial charge in [0.1, 0.15) is 11.5 Å². The molecule has 1 aromatic heterocycles. The summed E-state index contributed by atoms with van der Waals surface area (Å²) in [5.41, 5.74) is 3.07. The van der Waals surface area contributed by atoms with Crippen molar-refractivity contribution in [1.29, 1.82) is 0 Å². The maximum Gasteiger partial charge on any atom is 0.255 e. The van der Waals surface area contributed by atoms with Gasteiger partial charge >= 0.3 is 0 Å². The molecule has 0 saturated carbocycles. The number of hydrogen-bond donors (Lipinski definition) is 1. The number of benzene rings is 2. The molecular weight excluding hydrogens is 406 g/mol. The van der Waals surface area contributed by atoms with Crippen LogP contribution in [0.3, 0.4) is 0 Å². The minimum atomic E-state index is -3.94. The zero-order valence-corrected chi connectivity index (χ0v) is 17.1. The summed E-state index contributed by atoms with van der Waals surface area (Å²) in [7, 11) is -2.44. The molecule has 30 heavy (non-hydrogen) atoms. The van der Waals surface area contributed by atoms with Crippen LogP contribution in [0.5, 0.6) is 5.75 Å². The number of furan rings is 1. The highest BCUT2D eigenvalue weighted by Gasteiger charge is 2.27. The third-order valence-corrected chi connectivity index (χ3v) is 5.95. The molecule has 0 atom stereocenters. The Hall–Kier alpha value is -3.43. The van der Waals surface area contributed by atoms with Gasteiger partial charge in [0.05, 0.1) is 31.0 Å². The van der Waals surface area contributed by atoms with Gasteiger partial charge in [-0.15, -0.1) is 0 Å². The fourth-order valence-corrected chi connectivity index (χ4v) is 4.02. The Morgan fingerprint density at radius 2 is 1.83 bits per heavy atom. The van der Waals surface area contributed by atoms with Crippen LogP contribution in [-0.4, -0.2) is 38.5 Å². The number of amides is 1. The van der Waals surface area contributed by atoms with Crippen LogP contribution in [0.2, 0.25) is 0 Å². The lowest BCUT2D eigenvalue weighted by atomic mass is 10.2. The fraction of sp³-hybridized carbons (Fsp3) is 0.143. The van der Waals surface area contributed by atoms with Crippen molar-refractivity contribution in [3.8, 4) is 5.75 Å². The first-order valence-corrected chi connectivity index (χ1v) is 10.5. The van der Waals surface area contributed by atoms with Gasteiger partial charge in [0.25, 0.3) is 5.91 Å². The van der Waals surface area contributed by atoms with Crippen molar-refractivity contribution < 1.29 is 22.4 Å². The SMILES string of the molecule is COc1ccc(S(=O)(=O)N(CC(=O)N/N=C\c2ccco2)Cc2ccccc2)cc1. The zero-order valence-electron chi connectivity index (χ0n) is 16.3. The van der Waals surface area contributed by atoms with Gasteiger partial charge in [-0.3, -0.25) is 4.79 Å². The molecule has 0 radical (unpaired) electrons. The maximum absolute atomic E-state index is 13.2. The molecule has 3 aromatic rings. The Bertz CT molecular complexity index is 1080. The van der Waals surface area contributed by atoms with E-state index in [-0.39, 0.29) is 11.4 Å². The van der Waals surface area contributed by atoms with Gasteiger partial charge in [0, 0.05) is 6.54 Å². The average molecular weight is 427 g/mol. The molecule has 0 bridgehead atoms. The van der Waals surface area contributed by atoms with Crippen LogP contribution in [0, 0.1) is 0 Å². The number of carbonyl (C=O) groups excluding carboxylic acids is 1. The fourth-order valence-electron chi connectivity index (χ4n) is 2.64. The molecule has 0 spiro atoms. The predicted molar refractivity (Wildman–Crippen MR) is 111 cm³/mol. The summed E-state index contributed by atoms with van der Waals surface area (Å²) in [6.45, 7) is -0.372. The molecule has 0 saturated heterocycles. The summed E-state index contributed by atoms with van der Waals surface area (Å²) in [4.78, 5) is 12.4. The third kappa shape index (κ3) is 5.56. The number of hydrogen-bond acceptors (Lipinski definition) is 6. The molecule has 1 N–H and O–H groups in total. The number of methoxy groups -OCH3 is 1. The average Bonchev–Trinajstić information content (AvgIpc) is 3.27. The Kier molecular flexibility index (Phi) is 6.99. The normalized spacial score (nSPS) is 11.7. The van der Waals surface area contributed by atoms with Crippen LogP contribution in [0.1, 0.15) is 11.3 Å². The van der Waals surface area contributed by atoms with Crippen LogP contribution in [-0.2, 0) is 21.4 Å². The van der Waals surface area contributed by atoms with E-state index >= 15 is 0 Å². The number of carbonyl (C=O) groups is 1. The highest BCUT2D eigenvalue weighted by molar-refractivity contribution is 7.89. The van der Waals surface area contributed by atoms with Crippen molar-refractivity contribution in [2.24, 2.45) is 5.10 Å². The predicted octanol–water partition coefficient (Wildman–Crippen LogP) is 2.63. The summed E-state index contributed by atoms with van der Waals surface area (Å²) >= 11 is 0. The quantitative estimate of drug-likeness (QED) is 0.418. The van der Waals surface area contributed by atoms with Crippen LogP contribution in [0.15, 0.2) is 87.4 Å². The van der Waals surface area contributed by atoms with Gasteiger partial charge in [-0.2, -0.15) is 9.41 Å². The maximum atomic E-state index is 13.2. The molecule has 0 aliphatic rings.